The van der Waals surface area contributed by atoms with Gasteiger partial charge >= 0.3 is 12.1 Å². The first kappa shape index (κ1) is 20.9. The number of carbonyl (C=O) groups excluding carboxylic acids is 2. The summed E-state index contributed by atoms with van der Waals surface area (Å²) >= 11 is 0. The lowest BCUT2D eigenvalue weighted by Gasteiger charge is -2.57. The standard InChI is InChI=1S/C19H27F3N2O4/c1-11(2)23-10-15(25)24(18(17(23)28)7-13(8-18)16(26)27)9-12-3-5-14(6-4-12)19(20,21)22/h11-14H,3-10H2,1-2H3,(H,26,27). The van der Waals surface area contributed by atoms with Gasteiger partial charge in [0.1, 0.15) is 12.1 Å². The molecule has 1 saturated heterocycles. The fourth-order valence-corrected chi connectivity index (χ4v) is 4.87. The van der Waals surface area contributed by atoms with Crippen molar-refractivity contribution in [1.29, 1.82) is 0 Å². The number of carboxylic acid groups (broad SMARTS) is 1. The van der Waals surface area contributed by atoms with Gasteiger partial charge in [0.2, 0.25) is 11.8 Å². The lowest BCUT2D eigenvalue weighted by molar-refractivity contribution is -0.188. The largest absolute Gasteiger partial charge is 0.481 e. The Bertz CT molecular complexity index is 650. The highest BCUT2D eigenvalue weighted by molar-refractivity contribution is 6.00. The van der Waals surface area contributed by atoms with Crippen molar-refractivity contribution in [3.8, 4) is 0 Å². The third-order valence-electron chi connectivity index (χ3n) is 6.67. The van der Waals surface area contributed by atoms with Crippen LogP contribution in [-0.2, 0) is 14.4 Å². The summed E-state index contributed by atoms with van der Waals surface area (Å²) in [6.45, 7) is 3.78. The van der Waals surface area contributed by atoms with Crippen LogP contribution in [0.1, 0.15) is 52.4 Å². The van der Waals surface area contributed by atoms with E-state index in [-0.39, 0.29) is 62.5 Å². The molecule has 3 aliphatic rings. The van der Waals surface area contributed by atoms with Crippen LogP contribution in [-0.4, -0.2) is 63.5 Å². The van der Waals surface area contributed by atoms with Crippen LogP contribution in [0.3, 0.4) is 0 Å². The molecule has 1 spiro atoms. The summed E-state index contributed by atoms with van der Waals surface area (Å²) in [6.07, 6.45) is -3.26. The van der Waals surface area contributed by atoms with E-state index < -0.39 is 29.5 Å². The molecule has 2 saturated carbocycles. The Morgan fingerprint density at radius 1 is 1.18 bits per heavy atom. The minimum Gasteiger partial charge on any atom is -0.481 e. The second-order valence-electron chi connectivity index (χ2n) is 8.77. The molecule has 2 amide bonds. The highest BCUT2D eigenvalue weighted by atomic mass is 19.4. The molecule has 2 aliphatic carbocycles. The lowest BCUT2D eigenvalue weighted by Crippen LogP contribution is -2.74. The number of nitrogens with zero attached hydrogens (tertiary/aromatic N) is 2. The second-order valence-corrected chi connectivity index (χ2v) is 8.77. The summed E-state index contributed by atoms with van der Waals surface area (Å²) < 4.78 is 38.7. The Hall–Kier alpha value is -1.80. The summed E-state index contributed by atoms with van der Waals surface area (Å²) in [5.74, 6) is -3.53. The average Bonchev–Trinajstić information content (AvgIpc) is 2.55. The number of carbonyl (C=O) groups is 3. The SMILES string of the molecule is CC(C)N1CC(=O)N(CC2CCC(C(F)(F)F)CC2)C2(CC(C(=O)O)C2)C1=O. The minimum absolute atomic E-state index is 0.0347. The van der Waals surface area contributed by atoms with Gasteiger partial charge in [0.25, 0.3) is 0 Å². The van der Waals surface area contributed by atoms with Gasteiger partial charge in [-0.15, -0.1) is 0 Å². The number of piperazine rings is 1. The van der Waals surface area contributed by atoms with Gasteiger partial charge in [0, 0.05) is 12.6 Å². The van der Waals surface area contributed by atoms with Crippen molar-refractivity contribution in [2.24, 2.45) is 17.8 Å². The number of rotatable bonds is 4. The van der Waals surface area contributed by atoms with Crippen molar-refractivity contribution in [1.82, 2.24) is 9.80 Å². The molecule has 158 valence electrons. The minimum atomic E-state index is -4.19. The van der Waals surface area contributed by atoms with Crippen LogP contribution in [0.2, 0.25) is 0 Å². The molecule has 0 radical (unpaired) electrons. The number of aliphatic carboxylic acids is 1. The number of hydrogen-bond acceptors (Lipinski definition) is 3. The molecule has 3 rings (SSSR count). The van der Waals surface area contributed by atoms with Crippen molar-refractivity contribution in [2.45, 2.75) is 70.1 Å². The van der Waals surface area contributed by atoms with E-state index >= 15 is 0 Å². The molecule has 3 fully saturated rings. The maximum atomic E-state index is 13.1. The first-order valence-electron chi connectivity index (χ1n) is 9.86. The van der Waals surface area contributed by atoms with E-state index in [1.807, 2.05) is 0 Å². The molecule has 1 N–H and O–H groups in total. The third kappa shape index (κ3) is 3.59. The highest BCUT2D eigenvalue weighted by Gasteiger charge is 2.62. The highest BCUT2D eigenvalue weighted by Crippen LogP contribution is 2.48. The molecule has 1 heterocycles. The lowest BCUT2D eigenvalue weighted by atomic mass is 9.64. The van der Waals surface area contributed by atoms with Crippen LogP contribution in [0.15, 0.2) is 0 Å². The Labute approximate surface area is 162 Å². The number of carboxylic acids is 1. The van der Waals surface area contributed by atoms with E-state index in [2.05, 4.69) is 0 Å². The third-order valence-corrected chi connectivity index (χ3v) is 6.67. The molecule has 1 aliphatic heterocycles. The van der Waals surface area contributed by atoms with Crippen molar-refractivity contribution in [3.63, 3.8) is 0 Å². The molecule has 0 aromatic heterocycles. The first-order valence-corrected chi connectivity index (χ1v) is 9.86. The van der Waals surface area contributed by atoms with Gasteiger partial charge in [0.15, 0.2) is 0 Å². The zero-order valence-electron chi connectivity index (χ0n) is 16.2. The van der Waals surface area contributed by atoms with Gasteiger partial charge in [-0.1, -0.05) is 0 Å². The zero-order chi connectivity index (χ0) is 20.9. The van der Waals surface area contributed by atoms with Gasteiger partial charge in [-0.3, -0.25) is 14.4 Å². The van der Waals surface area contributed by atoms with Crippen molar-refractivity contribution < 1.29 is 32.7 Å². The van der Waals surface area contributed by atoms with Crippen molar-refractivity contribution in [2.75, 3.05) is 13.1 Å². The summed E-state index contributed by atoms with van der Waals surface area (Å²) in [7, 11) is 0. The number of halogens is 3. The van der Waals surface area contributed by atoms with E-state index in [1.165, 1.54) is 9.80 Å². The Morgan fingerprint density at radius 3 is 2.21 bits per heavy atom. The van der Waals surface area contributed by atoms with Gasteiger partial charge in [0.05, 0.1) is 11.8 Å². The van der Waals surface area contributed by atoms with Crippen molar-refractivity contribution in [3.05, 3.63) is 0 Å². The van der Waals surface area contributed by atoms with Crippen molar-refractivity contribution >= 4 is 17.8 Å². The number of amides is 2. The van der Waals surface area contributed by atoms with E-state index in [9.17, 15) is 32.7 Å². The molecule has 6 nitrogen and oxygen atoms in total. The van der Waals surface area contributed by atoms with Crippen LogP contribution in [0.4, 0.5) is 13.2 Å². The maximum Gasteiger partial charge on any atom is 0.391 e. The maximum absolute atomic E-state index is 13.1. The van der Waals surface area contributed by atoms with E-state index in [0.717, 1.165) is 0 Å². The smallest absolute Gasteiger partial charge is 0.391 e. The van der Waals surface area contributed by atoms with E-state index in [1.54, 1.807) is 13.8 Å². The summed E-state index contributed by atoms with van der Waals surface area (Å²) in [5, 5.41) is 9.25. The number of alkyl halides is 3. The normalized spacial score (nSPS) is 34.1. The topological polar surface area (TPSA) is 77.9 Å². The van der Waals surface area contributed by atoms with Crippen LogP contribution in [0.5, 0.6) is 0 Å². The van der Waals surface area contributed by atoms with Gasteiger partial charge < -0.3 is 14.9 Å². The predicted octanol–water partition coefficient (Wildman–Crippen LogP) is 2.67. The molecule has 9 heteroatoms. The summed E-state index contributed by atoms with van der Waals surface area (Å²) in [4.78, 5) is 40.2. The van der Waals surface area contributed by atoms with Gasteiger partial charge in [-0.05, 0) is 58.3 Å². The fourth-order valence-electron chi connectivity index (χ4n) is 4.87. The van der Waals surface area contributed by atoms with Crippen LogP contribution >= 0.6 is 0 Å². The van der Waals surface area contributed by atoms with Crippen LogP contribution in [0.25, 0.3) is 0 Å². The Balaban J connectivity index is 1.74. The zero-order valence-corrected chi connectivity index (χ0v) is 16.2. The van der Waals surface area contributed by atoms with Gasteiger partial charge in [-0.25, -0.2) is 0 Å². The average molecular weight is 404 g/mol. The molecule has 0 unspecified atom stereocenters. The van der Waals surface area contributed by atoms with Gasteiger partial charge in [-0.2, -0.15) is 13.2 Å². The monoisotopic (exact) mass is 404 g/mol. The van der Waals surface area contributed by atoms with E-state index in [4.69, 9.17) is 0 Å². The van der Waals surface area contributed by atoms with E-state index in [0.29, 0.717) is 12.8 Å². The Kier molecular flexibility index (Phi) is 5.40. The molecule has 28 heavy (non-hydrogen) atoms. The molecular formula is C19H27F3N2O4. The molecule has 0 atom stereocenters. The van der Waals surface area contributed by atoms with Crippen LogP contribution < -0.4 is 0 Å². The number of hydrogen-bond donors (Lipinski definition) is 1. The fraction of sp³-hybridized carbons (Fsp3) is 0.842. The summed E-state index contributed by atoms with van der Waals surface area (Å²) in [5.41, 5.74) is -1.15. The quantitative estimate of drug-likeness (QED) is 0.782. The molecule has 0 aromatic rings. The second kappa shape index (κ2) is 7.22. The first-order chi connectivity index (χ1) is 13.0. The molecule has 0 aromatic carbocycles. The molecule has 0 bridgehead atoms. The molecular weight excluding hydrogens is 377 g/mol. The van der Waals surface area contributed by atoms with Crippen LogP contribution in [0, 0.1) is 17.8 Å². The Morgan fingerprint density at radius 2 is 1.75 bits per heavy atom. The summed E-state index contributed by atoms with van der Waals surface area (Å²) in [6, 6.07) is -0.179. The predicted molar refractivity (Wildman–Crippen MR) is 93.2 cm³/mol.